The van der Waals surface area contributed by atoms with E-state index in [0.29, 0.717) is 17.8 Å². The van der Waals surface area contributed by atoms with Gasteiger partial charge >= 0.3 is 12.8 Å². The Morgan fingerprint density at radius 3 is 2.29 bits per heavy atom. The smallest absolute Gasteiger partial charge is 0.417 e. The van der Waals surface area contributed by atoms with Crippen LogP contribution >= 0.6 is 11.6 Å². The number of carbonyl (C=O) groups is 1. The average Bonchev–Trinajstić information content (AvgIpc) is 3.40. The molecule has 2 heterocycles. The number of carbonyl (C=O) groups excluding carboxylic acids is 1. The lowest BCUT2D eigenvalue weighted by molar-refractivity contribution is -0.142. The van der Waals surface area contributed by atoms with Crippen molar-refractivity contribution in [2.45, 2.75) is 58.3 Å². The van der Waals surface area contributed by atoms with Gasteiger partial charge in [-0.05, 0) is 38.8 Å². The fourth-order valence-corrected chi connectivity index (χ4v) is 5.70. The van der Waals surface area contributed by atoms with Crippen molar-refractivity contribution in [3.05, 3.63) is 40.6 Å². The Bertz CT molecular complexity index is 1380. The highest BCUT2D eigenvalue weighted by Crippen LogP contribution is 2.38. The number of aromatic nitrogens is 2. The van der Waals surface area contributed by atoms with Gasteiger partial charge < -0.3 is 19.2 Å². The minimum absolute atomic E-state index is 0.0164. The third kappa shape index (κ3) is 9.01. The molecule has 10 nitrogen and oxygen atoms in total. The van der Waals surface area contributed by atoms with Crippen LogP contribution in [0.25, 0.3) is 0 Å². The first-order valence-electron chi connectivity index (χ1n) is 12.3. The van der Waals surface area contributed by atoms with E-state index in [2.05, 4.69) is 15.0 Å². The Morgan fingerprint density at radius 2 is 1.83 bits per heavy atom. The number of benzene rings is 1. The number of hydrogen-bond acceptors (Lipinski definition) is 8. The van der Waals surface area contributed by atoms with Crippen molar-refractivity contribution in [3.63, 3.8) is 0 Å². The molecule has 0 atom stereocenters. The minimum Gasteiger partial charge on any atom is -0.417 e. The van der Waals surface area contributed by atoms with Crippen molar-refractivity contribution in [2.75, 3.05) is 31.0 Å². The second-order valence-electron chi connectivity index (χ2n) is 9.82. The van der Waals surface area contributed by atoms with Crippen LogP contribution in [0.1, 0.15) is 42.7 Å². The molecule has 1 amide bonds. The van der Waals surface area contributed by atoms with Gasteiger partial charge in [-0.15, -0.1) is 11.6 Å². The van der Waals surface area contributed by atoms with Gasteiger partial charge in [0.15, 0.2) is 20.6 Å². The summed E-state index contributed by atoms with van der Waals surface area (Å²) in [6.07, 6.45) is -5.22. The molecule has 17 heteroatoms. The number of halogens is 6. The number of alkyl halides is 6. The Morgan fingerprint density at radius 1 is 1.24 bits per heavy atom. The third-order valence-corrected chi connectivity index (χ3v) is 7.70. The summed E-state index contributed by atoms with van der Waals surface area (Å²) in [4.78, 5) is 18.4. The molecule has 0 saturated carbocycles. The lowest BCUT2D eigenvalue weighted by Crippen LogP contribution is -2.35. The van der Waals surface area contributed by atoms with E-state index >= 15 is 0 Å². The van der Waals surface area contributed by atoms with E-state index in [1.165, 1.54) is 13.8 Å². The van der Waals surface area contributed by atoms with Gasteiger partial charge in [0.05, 0.1) is 17.9 Å². The van der Waals surface area contributed by atoms with Crippen LogP contribution < -0.4 is 9.64 Å². The van der Waals surface area contributed by atoms with E-state index in [0.717, 1.165) is 23.9 Å². The minimum atomic E-state index is -5.06. The Labute approximate surface area is 245 Å². The molecule has 0 saturated heterocycles. The summed E-state index contributed by atoms with van der Waals surface area (Å²) in [6.45, 7) is 4.62. The molecular weight excluding hydrogens is 615 g/mol. The van der Waals surface area contributed by atoms with E-state index in [4.69, 9.17) is 21.2 Å². The summed E-state index contributed by atoms with van der Waals surface area (Å²) in [5, 5.41) is 5.97. The SMILES string of the molecule is COCCN(C(=O)CCl)c1c(C)cccc1C.Cn1nc(C(F)(F)F)c(CS(=O)(=O)C2=NOC(C)(C)C2)c1OC(F)F. The zero-order chi connectivity index (χ0) is 32.0. The third-order valence-electron chi connectivity index (χ3n) is 5.87. The second kappa shape index (κ2) is 14.0. The van der Waals surface area contributed by atoms with Crippen LogP contribution in [-0.2, 0) is 43.2 Å². The largest absolute Gasteiger partial charge is 0.435 e. The first-order valence-corrected chi connectivity index (χ1v) is 14.5. The molecule has 0 bridgehead atoms. The molecule has 3 rings (SSSR count). The topological polar surface area (TPSA) is 112 Å². The van der Waals surface area contributed by atoms with Gasteiger partial charge in [-0.2, -0.15) is 27.1 Å². The Balaban J connectivity index is 0.000000317. The number of ether oxygens (including phenoxy) is 2. The summed E-state index contributed by atoms with van der Waals surface area (Å²) in [5.41, 5.74) is -0.489. The molecule has 0 radical (unpaired) electrons. The monoisotopic (exact) mass is 646 g/mol. The lowest BCUT2D eigenvalue weighted by Gasteiger charge is -2.25. The molecule has 42 heavy (non-hydrogen) atoms. The number of anilines is 1. The zero-order valence-electron chi connectivity index (χ0n) is 23.8. The van der Waals surface area contributed by atoms with Crippen molar-refractivity contribution in [1.82, 2.24) is 9.78 Å². The molecule has 0 unspecified atom stereocenters. The Kier molecular flexibility index (Phi) is 11.7. The van der Waals surface area contributed by atoms with Crippen molar-refractivity contribution in [3.8, 4) is 5.88 Å². The lowest BCUT2D eigenvalue weighted by atomic mass is 10.1. The van der Waals surface area contributed by atoms with Crippen molar-refractivity contribution in [2.24, 2.45) is 12.2 Å². The van der Waals surface area contributed by atoms with Gasteiger partial charge in [0, 0.05) is 32.8 Å². The number of oxime groups is 1. The number of methoxy groups -OCH3 is 1. The zero-order valence-corrected chi connectivity index (χ0v) is 25.3. The number of hydrogen-bond donors (Lipinski definition) is 0. The first-order chi connectivity index (χ1) is 19.3. The molecule has 1 aromatic heterocycles. The summed E-state index contributed by atoms with van der Waals surface area (Å²) >= 11 is 5.65. The van der Waals surface area contributed by atoms with Gasteiger partial charge in [-0.25, -0.2) is 13.1 Å². The number of aryl methyl sites for hydroxylation is 3. The molecule has 236 valence electrons. The van der Waals surface area contributed by atoms with Crippen LogP contribution in [0.3, 0.4) is 0 Å². The highest BCUT2D eigenvalue weighted by Gasteiger charge is 2.43. The maximum atomic E-state index is 13.1. The van der Waals surface area contributed by atoms with E-state index in [9.17, 15) is 35.2 Å². The van der Waals surface area contributed by atoms with Crippen LogP contribution in [0, 0.1) is 13.8 Å². The van der Waals surface area contributed by atoms with Crippen LogP contribution in [0.2, 0.25) is 0 Å². The van der Waals surface area contributed by atoms with Crippen molar-refractivity contribution >= 4 is 38.1 Å². The summed E-state index contributed by atoms with van der Waals surface area (Å²) in [7, 11) is -1.81. The molecule has 0 aliphatic carbocycles. The molecule has 0 spiro atoms. The number of sulfone groups is 1. The average molecular weight is 647 g/mol. The highest BCUT2D eigenvalue weighted by molar-refractivity contribution is 8.05. The molecular formula is C25H32ClF5N4O6S. The fourth-order valence-electron chi connectivity index (χ4n) is 4.03. The molecule has 0 fully saturated rings. The van der Waals surface area contributed by atoms with Crippen LogP contribution in [-0.4, -0.2) is 67.5 Å². The Hall–Kier alpha value is -2.98. The van der Waals surface area contributed by atoms with Gasteiger partial charge in [0.1, 0.15) is 11.5 Å². The number of rotatable bonds is 9. The molecule has 2 aromatic rings. The van der Waals surface area contributed by atoms with Gasteiger partial charge in [0.25, 0.3) is 0 Å². The normalized spacial score (nSPS) is 14.6. The summed E-state index contributed by atoms with van der Waals surface area (Å²) in [6, 6.07) is 5.96. The first kappa shape index (κ1) is 35.2. The molecule has 1 aliphatic heterocycles. The maximum absolute atomic E-state index is 13.1. The standard InChI is InChI=1S/C13H18ClNO2.C12H14F5N3O4S/c1-10-5-4-6-11(2)13(10)15(7-8-17-3)12(16)9-14;1-11(2)4-7(19-24-11)25(21,22)5-6-8(12(15,16)17)18-20(3)9(6)23-10(13)14/h4-6H,7-9H2,1-3H3;10H,4-5H2,1-3H3. The maximum Gasteiger partial charge on any atom is 0.435 e. The number of nitrogens with zero attached hydrogens (tertiary/aromatic N) is 4. The summed E-state index contributed by atoms with van der Waals surface area (Å²) in [5.74, 6) is -2.35. The quantitative estimate of drug-likeness (QED) is 0.279. The van der Waals surface area contributed by atoms with Crippen molar-refractivity contribution in [1.29, 1.82) is 0 Å². The fraction of sp³-hybridized carbons (Fsp3) is 0.560. The van der Waals surface area contributed by atoms with E-state index in [-0.39, 0.29) is 18.2 Å². The van der Waals surface area contributed by atoms with E-state index in [1.54, 1.807) is 12.0 Å². The van der Waals surface area contributed by atoms with Crippen LogP contribution in [0.4, 0.5) is 27.6 Å². The predicted molar refractivity (Wildman–Crippen MR) is 146 cm³/mol. The molecule has 1 aliphatic rings. The van der Waals surface area contributed by atoms with Crippen LogP contribution in [0.5, 0.6) is 5.88 Å². The van der Waals surface area contributed by atoms with Crippen molar-refractivity contribution < 1.29 is 49.5 Å². The molecule has 0 N–H and O–H groups in total. The number of para-hydroxylation sites is 1. The second-order valence-corrected chi connectivity index (χ2v) is 12.1. The molecule has 1 aromatic carbocycles. The van der Waals surface area contributed by atoms with Gasteiger partial charge in [-0.1, -0.05) is 23.4 Å². The summed E-state index contributed by atoms with van der Waals surface area (Å²) < 4.78 is 98.4. The van der Waals surface area contributed by atoms with Gasteiger partial charge in [0.2, 0.25) is 11.8 Å². The number of amides is 1. The van der Waals surface area contributed by atoms with E-state index < -0.39 is 56.2 Å². The highest BCUT2D eigenvalue weighted by atomic mass is 35.5. The van der Waals surface area contributed by atoms with Crippen LogP contribution in [0.15, 0.2) is 23.4 Å². The van der Waals surface area contributed by atoms with E-state index in [1.807, 2.05) is 32.0 Å². The van der Waals surface area contributed by atoms with Gasteiger partial charge in [-0.3, -0.25) is 4.79 Å². The predicted octanol–water partition coefficient (Wildman–Crippen LogP) is 4.99.